The second-order valence-corrected chi connectivity index (χ2v) is 12.2. The molecule has 0 aliphatic carbocycles. The summed E-state index contributed by atoms with van der Waals surface area (Å²) in [5, 5.41) is 2.98. The molecule has 3 aromatic rings. The third kappa shape index (κ3) is 9.23. The van der Waals surface area contributed by atoms with Crippen molar-refractivity contribution < 1.29 is 18.0 Å². The first-order valence-electron chi connectivity index (χ1n) is 13.8. The van der Waals surface area contributed by atoms with E-state index in [-0.39, 0.29) is 31.3 Å². The summed E-state index contributed by atoms with van der Waals surface area (Å²) in [5.74, 6) is -0.380. The lowest BCUT2D eigenvalue weighted by Gasteiger charge is -2.32. The highest BCUT2D eigenvalue weighted by Crippen LogP contribution is 2.21. The van der Waals surface area contributed by atoms with Crippen molar-refractivity contribution in [3.8, 4) is 0 Å². The van der Waals surface area contributed by atoms with E-state index in [1.54, 1.807) is 17.0 Å². The molecule has 3 rings (SSSR count). The summed E-state index contributed by atoms with van der Waals surface area (Å²) in [7, 11) is -3.54. The molecule has 0 aliphatic rings. The molecule has 1 atom stereocenters. The lowest BCUT2D eigenvalue weighted by Crippen LogP contribution is -2.50. The van der Waals surface area contributed by atoms with Crippen LogP contribution in [0.1, 0.15) is 48.4 Å². The van der Waals surface area contributed by atoms with E-state index >= 15 is 0 Å². The molecule has 2 amide bonds. The number of hydrogen-bond donors (Lipinski definition) is 1. The Kier molecular flexibility index (Phi) is 11.3. The van der Waals surface area contributed by atoms with E-state index in [1.165, 1.54) is 10.6 Å². The Bertz CT molecular complexity index is 1340. The second kappa shape index (κ2) is 14.7. The molecule has 0 saturated heterocycles. The predicted octanol–water partition coefficient (Wildman–Crippen LogP) is 5.02. The van der Waals surface area contributed by atoms with E-state index in [4.69, 9.17) is 0 Å². The fraction of sp³-hybridized carbons (Fsp3) is 0.375. The zero-order valence-electron chi connectivity index (χ0n) is 24.0. The van der Waals surface area contributed by atoms with Crippen molar-refractivity contribution in [1.29, 1.82) is 0 Å². The molecule has 0 fully saturated rings. The van der Waals surface area contributed by atoms with Crippen LogP contribution in [0.3, 0.4) is 0 Å². The van der Waals surface area contributed by atoms with Crippen LogP contribution in [-0.4, -0.2) is 50.5 Å². The first-order valence-corrected chi connectivity index (χ1v) is 15.6. The summed E-state index contributed by atoms with van der Waals surface area (Å²) >= 11 is 0. The van der Waals surface area contributed by atoms with Crippen LogP contribution in [0.5, 0.6) is 0 Å². The van der Waals surface area contributed by atoms with Gasteiger partial charge in [-0.05, 0) is 49.9 Å². The molecule has 214 valence electrons. The van der Waals surface area contributed by atoms with Crippen LogP contribution in [0.2, 0.25) is 0 Å². The Morgan fingerprint density at radius 2 is 1.45 bits per heavy atom. The molecule has 1 N–H and O–H groups in total. The summed E-state index contributed by atoms with van der Waals surface area (Å²) in [4.78, 5) is 28.9. The van der Waals surface area contributed by atoms with Gasteiger partial charge in [0, 0.05) is 32.5 Å². The van der Waals surface area contributed by atoms with Crippen molar-refractivity contribution >= 4 is 27.5 Å². The summed E-state index contributed by atoms with van der Waals surface area (Å²) in [6.07, 6.45) is 2.77. The van der Waals surface area contributed by atoms with Crippen LogP contribution in [0.15, 0.2) is 78.9 Å². The minimum atomic E-state index is -3.54. The van der Waals surface area contributed by atoms with Crippen molar-refractivity contribution in [1.82, 2.24) is 10.2 Å². The largest absolute Gasteiger partial charge is 0.354 e. The van der Waals surface area contributed by atoms with Gasteiger partial charge in [-0.25, -0.2) is 8.42 Å². The Morgan fingerprint density at radius 3 is 2.02 bits per heavy atom. The SMILES string of the molecule is CCCNC(=O)[C@H](Cc1ccccc1)N(Cc1ccc(C)cc1)C(=O)CCCN(c1ccc(C)cc1)S(C)(=O)=O. The highest BCUT2D eigenvalue weighted by Gasteiger charge is 2.30. The minimum Gasteiger partial charge on any atom is -0.354 e. The third-order valence-electron chi connectivity index (χ3n) is 6.77. The van der Waals surface area contributed by atoms with Gasteiger partial charge in [-0.15, -0.1) is 0 Å². The quantitative estimate of drug-likeness (QED) is 0.299. The van der Waals surface area contributed by atoms with Gasteiger partial charge in [0.25, 0.3) is 0 Å². The van der Waals surface area contributed by atoms with Gasteiger partial charge in [-0.1, -0.05) is 84.8 Å². The van der Waals surface area contributed by atoms with Gasteiger partial charge >= 0.3 is 0 Å². The molecule has 0 unspecified atom stereocenters. The topological polar surface area (TPSA) is 86.8 Å². The van der Waals surface area contributed by atoms with E-state index in [0.717, 1.165) is 28.7 Å². The summed E-state index contributed by atoms with van der Waals surface area (Å²) in [6.45, 7) is 6.91. The number of hydrogen-bond acceptors (Lipinski definition) is 4. The van der Waals surface area contributed by atoms with Crippen LogP contribution in [0.4, 0.5) is 5.69 Å². The van der Waals surface area contributed by atoms with Crippen LogP contribution < -0.4 is 9.62 Å². The van der Waals surface area contributed by atoms with Crippen molar-refractivity contribution in [2.45, 2.75) is 59.0 Å². The number of rotatable bonds is 14. The van der Waals surface area contributed by atoms with E-state index in [0.29, 0.717) is 25.1 Å². The number of nitrogens with one attached hydrogen (secondary N) is 1. The lowest BCUT2D eigenvalue weighted by molar-refractivity contribution is -0.141. The number of aryl methyl sites for hydroxylation is 2. The molecule has 0 aromatic heterocycles. The van der Waals surface area contributed by atoms with Crippen LogP contribution in [-0.2, 0) is 32.6 Å². The summed E-state index contributed by atoms with van der Waals surface area (Å²) < 4.78 is 26.5. The van der Waals surface area contributed by atoms with Crippen molar-refractivity contribution in [3.63, 3.8) is 0 Å². The number of sulfonamides is 1. The fourth-order valence-corrected chi connectivity index (χ4v) is 5.49. The maximum absolute atomic E-state index is 13.8. The molecule has 0 spiro atoms. The molecule has 3 aromatic carbocycles. The Morgan fingerprint density at radius 1 is 0.850 bits per heavy atom. The van der Waals surface area contributed by atoms with E-state index in [1.807, 2.05) is 87.5 Å². The highest BCUT2D eigenvalue weighted by molar-refractivity contribution is 7.92. The molecular weight excluding hydrogens is 522 g/mol. The van der Waals surface area contributed by atoms with Gasteiger partial charge in [0.1, 0.15) is 6.04 Å². The molecule has 0 saturated carbocycles. The number of carbonyl (C=O) groups is 2. The fourth-order valence-electron chi connectivity index (χ4n) is 4.53. The minimum absolute atomic E-state index is 0.107. The Balaban J connectivity index is 1.85. The van der Waals surface area contributed by atoms with Crippen LogP contribution in [0.25, 0.3) is 0 Å². The monoisotopic (exact) mass is 563 g/mol. The van der Waals surface area contributed by atoms with Gasteiger partial charge in [0.2, 0.25) is 21.8 Å². The Labute approximate surface area is 239 Å². The van der Waals surface area contributed by atoms with Gasteiger partial charge < -0.3 is 10.2 Å². The highest BCUT2D eigenvalue weighted by atomic mass is 32.2. The van der Waals surface area contributed by atoms with Crippen molar-refractivity contribution in [2.75, 3.05) is 23.7 Å². The molecule has 7 nitrogen and oxygen atoms in total. The first kappa shape index (κ1) is 30.9. The number of anilines is 1. The first-order chi connectivity index (χ1) is 19.1. The lowest BCUT2D eigenvalue weighted by atomic mass is 10.0. The Hall–Kier alpha value is -3.65. The third-order valence-corrected chi connectivity index (χ3v) is 7.96. The molecule has 0 aliphatic heterocycles. The average Bonchev–Trinajstić information content (AvgIpc) is 2.93. The maximum Gasteiger partial charge on any atom is 0.243 e. The summed E-state index contributed by atoms with van der Waals surface area (Å²) in [5.41, 5.74) is 4.60. The molecule has 0 heterocycles. The van der Waals surface area contributed by atoms with Crippen molar-refractivity contribution in [2.24, 2.45) is 0 Å². The van der Waals surface area contributed by atoms with Gasteiger partial charge in [0.05, 0.1) is 11.9 Å². The molecule has 0 radical (unpaired) electrons. The second-order valence-electron chi connectivity index (χ2n) is 10.3. The normalized spacial score (nSPS) is 12.0. The maximum atomic E-state index is 13.8. The number of benzene rings is 3. The molecule has 8 heteroatoms. The number of carbonyl (C=O) groups excluding carboxylic acids is 2. The van der Waals surface area contributed by atoms with Crippen LogP contribution >= 0.6 is 0 Å². The molecule has 40 heavy (non-hydrogen) atoms. The molecule has 0 bridgehead atoms. The van der Waals surface area contributed by atoms with E-state index in [9.17, 15) is 18.0 Å². The summed E-state index contributed by atoms with van der Waals surface area (Å²) in [6, 6.07) is 24.2. The molecular formula is C32H41N3O4S. The predicted molar refractivity (Wildman–Crippen MR) is 162 cm³/mol. The van der Waals surface area contributed by atoms with E-state index < -0.39 is 16.1 Å². The van der Waals surface area contributed by atoms with Gasteiger partial charge in [-0.3, -0.25) is 13.9 Å². The van der Waals surface area contributed by atoms with Crippen molar-refractivity contribution in [3.05, 3.63) is 101 Å². The van der Waals surface area contributed by atoms with Gasteiger partial charge in [0.15, 0.2) is 0 Å². The standard InChI is InChI=1S/C32H41N3O4S/c1-5-21-33-32(37)30(23-27-10-7-6-8-11-27)34(24-28-17-13-25(2)14-18-28)31(36)12-9-22-35(40(4,38)39)29-19-15-26(3)16-20-29/h6-8,10-11,13-20,30H,5,9,12,21-24H2,1-4H3,(H,33,37)/t30-/m0/s1. The van der Waals surface area contributed by atoms with E-state index in [2.05, 4.69) is 5.32 Å². The zero-order chi connectivity index (χ0) is 29.1. The zero-order valence-corrected chi connectivity index (χ0v) is 24.8. The number of amides is 2. The van der Waals surface area contributed by atoms with Gasteiger partial charge in [-0.2, -0.15) is 0 Å². The average molecular weight is 564 g/mol. The van der Waals surface area contributed by atoms with Crippen LogP contribution in [0, 0.1) is 13.8 Å². The number of nitrogens with zero attached hydrogens (tertiary/aromatic N) is 2. The smallest absolute Gasteiger partial charge is 0.243 e.